The molecule has 1 heterocycles. The Hall–Kier alpha value is -1.39. The minimum absolute atomic E-state index is 0.335. The van der Waals surface area contributed by atoms with Crippen molar-refractivity contribution in [2.75, 3.05) is 7.11 Å². The first kappa shape index (κ1) is 11.1. The molecular weight excluding hydrogens is 226 g/mol. The van der Waals surface area contributed by atoms with Gasteiger partial charge in [-0.1, -0.05) is 18.2 Å². The lowest BCUT2D eigenvalue weighted by Gasteiger charge is -2.10. The number of halogens is 1. The number of methoxy groups -OCH3 is 1. The van der Waals surface area contributed by atoms with E-state index < -0.39 is 0 Å². The number of hydrogen-bond donors (Lipinski definition) is 0. The van der Waals surface area contributed by atoms with E-state index in [1.54, 1.807) is 13.4 Å². The van der Waals surface area contributed by atoms with Crippen LogP contribution in [0.4, 0.5) is 0 Å². The van der Waals surface area contributed by atoms with E-state index in [9.17, 15) is 0 Å². The van der Waals surface area contributed by atoms with Crippen LogP contribution in [0.2, 0.25) is 0 Å². The summed E-state index contributed by atoms with van der Waals surface area (Å²) in [7, 11) is 1.67. The van der Waals surface area contributed by atoms with Gasteiger partial charge in [0.05, 0.1) is 18.2 Å². The summed E-state index contributed by atoms with van der Waals surface area (Å²) in [5.41, 5.74) is 2.08. The zero-order valence-corrected chi connectivity index (χ0v) is 9.68. The lowest BCUT2D eigenvalue weighted by Crippen LogP contribution is -2.03. The summed E-state index contributed by atoms with van der Waals surface area (Å²) in [6, 6.07) is 7.94. The van der Waals surface area contributed by atoms with Crippen LogP contribution in [-0.4, -0.2) is 21.9 Å². The van der Waals surface area contributed by atoms with Crippen molar-refractivity contribution < 1.29 is 4.74 Å². The van der Waals surface area contributed by atoms with Gasteiger partial charge >= 0.3 is 0 Å². The molecule has 5 heteroatoms. The van der Waals surface area contributed by atoms with Gasteiger partial charge in [-0.2, -0.15) is 0 Å². The van der Waals surface area contributed by atoms with Crippen molar-refractivity contribution in [2.45, 2.75) is 12.5 Å². The fourth-order valence-electron chi connectivity index (χ4n) is 1.57. The Balaban J connectivity index is 2.46. The van der Waals surface area contributed by atoms with E-state index in [1.807, 2.05) is 28.8 Å². The number of aromatic nitrogens is 3. The Kier molecular flexibility index (Phi) is 3.54. The van der Waals surface area contributed by atoms with Gasteiger partial charge in [0, 0.05) is 12.7 Å². The second-order valence-electron chi connectivity index (χ2n) is 3.31. The van der Waals surface area contributed by atoms with E-state index >= 15 is 0 Å². The number of para-hydroxylation sites is 1. The monoisotopic (exact) mass is 237 g/mol. The second-order valence-corrected chi connectivity index (χ2v) is 3.58. The van der Waals surface area contributed by atoms with Crippen LogP contribution in [0.5, 0.6) is 0 Å². The van der Waals surface area contributed by atoms with Crippen molar-refractivity contribution in [1.82, 2.24) is 14.8 Å². The fourth-order valence-corrected chi connectivity index (χ4v) is 1.76. The summed E-state index contributed by atoms with van der Waals surface area (Å²) < 4.78 is 7.03. The Labute approximate surface area is 98.8 Å². The Morgan fingerprint density at radius 3 is 2.94 bits per heavy atom. The van der Waals surface area contributed by atoms with Crippen LogP contribution in [0, 0.1) is 0 Å². The first-order chi connectivity index (χ1) is 7.86. The molecule has 84 valence electrons. The largest absolute Gasteiger partial charge is 0.380 e. The molecule has 0 atom stereocenters. The predicted octanol–water partition coefficient (Wildman–Crippen LogP) is 2.15. The van der Waals surface area contributed by atoms with Gasteiger partial charge in [-0.05, 0) is 6.07 Å². The summed E-state index contributed by atoms with van der Waals surface area (Å²) in [4.78, 5) is 0. The number of alkyl halides is 1. The molecule has 1 aromatic heterocycles. The van der Waals surface area contributed by atoms with Gasteiger partial charge in [-0.15, -0.1) is 21.8 Å². The molecule has 0 unspecified atom stereocenters. The molecule has 0 N–H and O–H groups in total. The fraction of sp³-hybridized carbons (Fsp3) is 0.273. The highest BCUT2D eigenvalue weighted by atomic mass is 35.5. The van der Waals surface area contributed by atoms with E-state index in [0.717, 1.165) is 17.1 Å². The average Bonchev–Trinajstić information content (AvgIpc) is 2.78. The van der Waals surface area contributed by atoms with Gasteiger partial charge in [0.25, 0.3) is 0 Å². The van der Waals surface area contributed by atoms with Gasteiger partial charge in [0.15, 0.2) is 5.82 Å². The molecule has 4 nitrogen and oxygen atoms in total. The smallest absolute Gasteiger partial charge is 0.152 e. The molecule has 0 fully saturated rings. The molecular formula is C11H12ClN3O. The topological polar surface area (TPSA) is 39.9 Å². The molecule has 0 spiro atoms. The highest BCUT2D eigenvalue weighted by Crippen LogP contribution is 2.17. The zero-order valence-electron chi connectivity index (χ0n) is 8.93. The maximum atomic E-state index is 5.80. The Morgan fingerprint density at radius 2 is 2.19 bits per heavy atom. The molecule has 2 rings (SSSR count). The van der Waals surface area contributed by atoms with Crippen molar-refractivity contribution in [3.8, 4) is 5.69 Å². The first-order valence-electron chi connectivity index (χ1n) is 4.89. The van der Waals surface area contributed by atoms with Crippen molar-refractivity contribution in [1.29, 1.82) is 0 Å². The number of benzene rings is 1. The van der Waals surface area contributed by atoms with E-state index in [0.29, 0.717) is 12.5 Å². The first-order valence-corrected chi connectivity index (χ1v) is 5.42. The average molecular weight is 238 g/mol. The van der Waals surface area contributed by atoms with E-state index in [2.05, 4.69) is 10.2 Å². The van der Waals surface area contributed by atoms with Crippen molar-refractivity contribution in [2.24, 2.45) is 0 Å². The molecule has 0 aliphatic carbocycles. The van der Waals surface area contributed by atoms with Crippen LogP contribution < -0.4 is 0 Å². The lowest BCUT2D eigenvalue weighted by atomic mass is 10.2. The van der Waals surface area contributed by atoms with Crippen molar-refractivity contribution >= 4 is 11.6 Å². The normalized spacial score (nSPS) is 10.6. The molecule has 1 aromatic carbocycles. The van der Waals surface area contributed by atoms with Crippen LogP contribution >= 0.6 is 11.6 Å². The quantitative estimate of drug-likeness (QED) is 0.765. The standard InChI is InChI=1S/C11H12ClN3O/c1-16-7-9-4-2-3-5-10(9)15-8-13-14-11(15)6-12/h2-5,8H,6-7H2,1H3. The molecule has 16 heavy (non-hydrogen) atoms. The summed E-state index contributed by atoms with van der Waals surface area (Å²) in [5, 5.41) is 7.81. The van der Waals surface area contributed by atoms with Crippen molar-refractivity contribution in [3.63, 3.8) is 0 Å². The second kappa shape index (κ2) is 5.09. The van der Waals surface area contributed by atoms with Crippen LogP contribution in [0.1, 0.15) is 11.4 Å². The van der Waals surface area contributed by atoms with Gasteiger partial charge < -0.3 is 4.74 Å². The van der Waals surface area contributed by atoms with E-state index in [1.165, 1.54) is 0 Å². The maximum absolute atomic E-state index is 5.80. The highest BCUT2D eigenvalue weighted by molar-refractivity contribution is 6.16. The molecule has 2 aromatic rings. The summed E-state index contributed by atoms with van der Waals surface area (Å²) in [6.45, 7) is 0.552. The Morgan fingerprint density at radius 1 is 1.38 bits per heavy atom. The van der Waals surface area contributed by atoms with Crippen LogP contribution in [-0.2, 0) is 17.2 Å². The predicted molar refractivity (Wildman–Crippen MR) is 61.6 cm³/mol. The lowest BCUT2D eigenvalue weighted by molar-refractivity contribution is 0.184. The van der Waals surface area contributed by atoms with Crippen LogP contribution in [0.15, 0.2) is 30.6 Å². The zero-order chi connectivity index (χ0) is 11.4. The SMILES string of the molecule is COCc1ccccc1-n1cnnc1CCl. The Bertz CT molecular complexity index is 470. The van der Waals surface area contributed by atoms with Crippen LogP contribution in [0.3, 0.4) is 0 Å². The summed E-state index contributed by atoms with van der Waals surface area (Å²) in [5.74, 6) is 1.06. The molecule has 0 saturated carbocycles. The van der Waals surface area contributed by atoms with Gasteiger partial charge in [-0.25, -0.2) is 0 Å². The van der Waals surface area contributed by atoms with Crippen molar-refractivity contribution in [3.05, 3.63) is 42.0 Å². The maximum Gasteiger partial charge on any atom is 0.152 e. The van der Waals surface area contributed by atoms with Gasteiger partial charge in [0.1, 0.15) is 6.33 Å². The van der Waals surface area contributed by atoms with E-state index in [4.69, 9.17) is 16.3 Å². The summed E-state index contributed by atoms with van der Waals surface area (Å²) in [6.07, 6.45) is 1.66. The van der Waals surface area contributed by atoms with E-state index in [-0.39, 0.29) is 0 Å². The summed E-state index contributed by atoms with van der Waals surface area (Å²) >= 11 is 5.80. The molecule has 0 radical (unpaired) electrons. The van der Waals surface area contributed by atoms with Gasteiger partial charge in [-0.3, -0.25) is 4.57 Å². The molecule has 0 bridgehead atoms. The number of ether oxygens (including phenoxy) is 1. The number of nitrogens with zero attached hydrogens (tertiary/aromatic N) is 3. The third kappa shape index (κ3) is 2.08. The van der Waals surface area contributed by atoms with Gasteiger partial charge in [0.2, 0.25) is 0 Å². The molecule has 0 aliphatic rings. The molecule has 0 saturated heterocycles. The third-order valence-corrected chi connectivity index (χ3v) is 2.53. The van der Waals surface area contributed by atoms with Crippen LogP contribution in [0.25, 0.3) is 5.69 Å². The molecule has 0 aliphatic heterocycles. The number of hydrogen-bond acceptors (Lipinski definition) is 3. The number of rotatable bonds is 4. The minimum atomic E-state index is 0.335. The third-order valence-electron chi connectivity index (χ3n) is 2.29. The molecule has 0 amide bonds. The minimum Gasteiger partial charge on any atom is -0.380 e. The highest BCUT2D eigenvalue weighted by Gasteiger charge is 2.08.